The molecule has 1 fully saturated rings. The number of anilines is 1. The third-order valence-electron chi connectivity index (χ3n) is 2.76. The Hall–Kier alpha value is -0.850. The summed E-state index contributed by atoms with van der Waals surface area (Å²) >= 11 is 5.78. The molecule has 2 heterocycles. The van der Waals surface area contributed by atoms with E-state index in [1.807, 2.05) is 0 Å². The number of amides is 1. The molecule has 0 saturated carbocycles. The summed E-state index contributed by atoms with van der Waals surface area (Å²) in [6, 6.07) is 1.67. The van der Waals surface area contributed by atoms with Crippen LogP contribution in [0.2, 0.25) is 5.02 Å². The van der Waals surface area contributed by atoms with Crippen LogP contribution in [0.25, 0.3) is 0 Å². The molecule has 1 atom stereocenters. The normalized spacial score (nSPS) is 20.5. The van der Waals surface area contributed by atoms with Crippen molar-refractivity contribution in [1.29, 1.82) is 0 Å². The summed E-state index contributed by atoms with van der Waals surface area (Å²) in [6.07, 6.45) is 1.30. The van der Waals surface area contributed by atoms with Crippen molar-refractivity contribution in [2.75, 3.05) is 11.4 Å². The van der Waals surface area contributed by atoms with Gasteiger partial charge in [0.2, 0.25) is 15.0 Å². The Bertz CT molecular complexity index is 603. The summed E-state index contributed by atoms with van der Waals surface area (Å²) in [5.74, 6) is 0.120. The van der Waals surface area contributed by atoms with Crippen molar-refractivity contribution >= 4 is 43.1 Å². The van der Waals surface area contributed by atoms with Crippen molar-refractivity contribution in [2.45, 2.75) is 18.6 Å². The minimum absolute atomic E-state index is 0.0279. The van der Waals surface area contributed by atoms with Gasteiger partial charge in [-0.3, -0.25) is 9.69 Å². The second kappa shape index (κ2) is 4.68. The predicted molar refractivity (Wildman–Crippen MR) is 69.5 cm³/mol. The summed E-state index contributed by atoms with van der Waals surface area (Å²) < 4.78 is 22.5. The van der Waals surface area contributed by atoms with Gasteiger partial charge in [0, 0.05) is 29.8 Å². The lowest BCUT2D eigenvalue weighted by Crippen LogP contribution is -2.28. The van der Waals surface area contributed by atoms with Gasteiger partial charge in [-0.05, 0) is 18.6 Å². The SMILES string of the molecule is Cc1cc(Cl)cnc1N1CC(S(=O)(=O)Cl)CC1=O. The first-order chi connectivity index (χ1) is 8.29. The molecule has 1 amide bonds. The number of hydrogen-bond acceptors (Lipinski definition) is 4. The summed E-state index contributed by atoms with van der Waals surface area (Å²) in [4.78, 5) is 17.2. The zero-order valence-corrected chi connectivity index (χ0v) is 11.8. The molecule has 1 aromatic rings. The Morgan fingerprint density at radius 3 is 2.67 bits per heavy atom. The van der Waals surface area contributed by atoms with E-state index in [4.69, 9.17) is 22.3 Å². The number of rotatable bonds is 2. The second-order valence-electron chi connectivity index (χ2n) is 4.10. The van der Waals surface area contributed by atoms with E-state index in [1.54, 1.807) is 13.0 Å². The molecular formula is C10H10Cl2N2O3S. The van der Waals surface area contributed by atoms with Gasteiger partial charge in [-0.15, -0.1) is 0 Å². The van der Waals surface area contributed by atoms with Crippen LogP contribution in [0.5, 0.6) is 0 Å². The molecule has 98 valence electrons. The molecule has 5 nitrogen and oxygen atoms in total. The Balaban J connectivity index is 2.33. The van der Waals surface area contributed by atoms with Crippen LogP contribution in [-0.2, 0) is 13.8 Å². The lowest BCUT2D eigenvalue weighted by molar-refractivity contribution is -0.117. The van der Waals surface area contributed by atoms with Crippen LogP contribution < -0.4 is 4.90 Å². The number of hydrogen-bond donors (Lipinski definition) is 0. The number of carbonyl (C=O) groups is 1. The molecule has 18 heavy (non-hydrogen) atoms. The number of nitrogens with zero attached hydrogens (tertiary/aromatic N) is 2. The largest absolute Gasteiger partial charge is 0.295 e. The van der Waals surface area contributed by atoms with Gasteiger partial charge < -0.3 is 0 Å². The molecule has 1 saturated heterocycles. The quantitative estimate of drug-likeness (QED) is 0.780. The van der Waals surface area contributed by atoms with Gasteiger partial charge in [-0.25, -0.2) is 13.4 Å². The first kappa shape index (κ1) is 13.6. The van der Waals surface area contributed by atoms with Gasteiger partial charge in [-0.1, -0.05) is 11.6 Å². The highest BCUT2D eigenvalue weighted by molar-refractivity contribution is 8.14. The van der Waals surface area contributed by atoms with Crippen LogP contribution in [0.3, 0.4) is 0 Å². The topological polar surface area (TPSA) is 67.3 Å². The number of aryl methyl sites for hydroxylation is 1. The molecule has 0 N–H and O–H groups in total. The lowest BCUT2D eigenvalue weighted by Gasteiger charge is -2.17. The van der Waals surface area contributed by atoms with Crippen molar-refractivity contribution in [3.05, 3.63) is 22.8 Å². The van der Waals surface area contributed by atoms with Gasteiger partial charge in [0.1, 0.15) is 11.1 Å². The van der Waals surface area contributed by atoms with Crippen LogP contribution in [-0.4, -0.2) is 31.1 Å². The fourth-order valence-electron chi connectivity index (χ4n) is 1.88. The third kappa shape index (κ3) is 2.60. The monoisotopic (exact) mass is 308 g/mol. The highest BCUT2D eigenvalue weighted by Crippen LogP contribution is 2.28. The van der Waals surface area contributed by atoms with Crippen LogP contribution in [0.15, 0.2) is 12.3 Å². The molecule has 1 aliphatic rings. The molecule has 0 aliphatic carbocycles. The Morgan fingerprint density at radius 2 is 2.17 bits per heavy atom. The van der Waals surface area contributed by atoms with Crippen LogP contribution in [0, 0.1) is 6.92 Å². The summed E-state index contributed by atoms with van der Waals surface area (Å²) in [6.45, 7) is 1.78. The number of carbonyl (C=O) groups excluding carboxylic acids is 1. The highest BCUT2D eigenvalue weighted by atomic mass is 35.7. The molecule has 1 aliphatic heterocycles. The molecule has 0 bridgehead atoms. The van der Waals surface area contributed by atoms with Crippen molar-refractivity contribution in [1.82, 2.24) is 4.98 Å². The number of pyridine rings is 1. The molecule has 1 unspecified atom stereocenters. The van der Waals surface area contributed by atoms with E-state index in [2.05, 4.69) is 4.98 Å². The van der Waals surface area contributed by atoms with Crippen LogP contribution >= 0.6 is 22.3 Å². The summed E-state index contributed by atoms with van der Waals surface area (Å²) in [5.41, 5.74) is 0.712. The Kier molecular flexibility index (Phi) is 3.53. The maximum atomic E-state index is 11.8. The van der Waals surface area contributed by atoms with E-state index in [1.165, 1.54) is 11.1 Å². The molecule has 0 radical (unpaired) electrons. The van der Waals surface area contributed by atoms with Crippen LogP contribution in [0.1, 0.15) is 12.0 Å². The first-order valence-corrected chi connectivity index (χ1v) is 7.90. The average Bonchev–Trinajstić information content (AvgIpc) is 2.60. The average molecular weight is 309 g/mol. The maximum Gasteiger partial charge on any atom is 0.237 e. The smallest absolute Gasteiger partial charge is 0.237 e. The summed E-state index contributed by atoms with van der Waals surface area (Å²) in [7, 11) is 1.53. The standard InChI is InChI=1S/C10H10Cl2N2O3S/c1-6-2-7(11)4-13-10(6)14-5-8(3-9(14)15)18(12,16)17/h2,4,8H,3,5H2,1H3. The van der Waals surface area contributed by atoms with Gasteiger partial charge in [0.15, 0.2) is 0 Å². The molecule has 8 heteroatoms. The van der Waals surface area contributed by atoms with E-state index < -0.39 is 14.3 Å². The van der Waals surface area contributed by atoms with Gasteiger partial charge >= 0.3 is 0 Å². The van der Waals surface area contributed by atoms with E-state index in [0.29, 0.717) is 16.4 Å². The highest BCUT2D eigenvalue weighted by Gasteiger charge is 2.38. The van der Waals surface area contributed by atoms with E-state index in [-0.39, 0.29) is 18.9 Å². The second-order valence-corrected chi connectivity index (χ2v) is 7.44. The van der Waals surface area contributed by atoms with E-state index in [9.17, 15) is 13.2 Å². The minimum Gasteiger partial charge on any atom is -0.295 e. The lowest BCUT2D eigenvalue weighted by atomic mass is 10.3. The van der Waals surface area contributed by atoms with Gasteiger partial charge in [0.25, 0.3) is 0 Å². The molecule has 2 rings (SSSR count). The van der Waals surface area contributed by atoms with Crippen LogP contribution in [0.4, 0.5) is 5.82 Å². The maximum absolute atomic E-state index is 11.8. The van der Waals surface area contributed by atoms with Crippen molar-refractivity contribution in [2.24, 2.45) is 0 Å². The van der Waals surface area contributed by atoms with E-state index >= 15 is 0 Å². The van der Waals surface area contributed by atoms with Crippen molar-refractivity contribution < 1.29 is 13.2 Å². The molecule has 0 aromatic carbocycles. The number of aromatic nitrogens is 1. The molecule has 0 spiro atoms. The molecule has 1 aromatic heterocycles. The molecular weight excluding hydrogens is 299 g/mol. The van der Waals surface area contributed by atoms with E-state index in [0.717, 1.165) is 0 Å². The minimum atomic E-state index is -3.74. The number of halogens is 2. The summed E-state index contributed by atoms with van der Waals surface area (Å²) in [5, 5.41) is -0.423. The van der Waals surface area contributed by atoms with Crippen molar-refractivity contribution in [3.63, 3.8) is 0 Å². The van der Waals surface area contributed by atoms with Gasteiger partial charge in [-0.2, -0.15) is 0 Å². The predicted octanol–water partition coefficient (Wildman–Crippen LogP) is 1.72. The third-order valence-corrected chi connectivity index (χ3v) is 4.84. The zero-order chi connectivity index (χ0) is 13.5. The first-order valence-electron chi connectivity index (χ1n) is 5.15. The Morgan fingerprint density at radius 1 is 1.50 bits per heavy atom. The fraction of sp³-hybridized carbons (Fsp3) is 0.400. The van der Waals surface area contributed by atoms with Gasteiger partial charge in [0.05, 0.1) is 5.02 Å². The zero-order valence-electron chi connectivity index (χ0n) is 9.43. The fourth-order valence-corrected chi connectivity index (χ4v) is 3.12. The Labute approximate surface area is 114 Å². The van der Waals surface area contributed by atoms with Crippen molar-refractivity contribution in [3.8, 4) is 0 Å².